The number of fused-ring (bicyclic) bond motifs is 1. The Morgan fingerprint density at radius 1 is 1.53 bits per heavy atom. The molecule has 0 radical (unpaired) electrons. The van der Waals surface area contributed by atoms with Crippen molar-refractivity contribution in [2.75, 3.05) is 7.11 Å². The highest BCUT2D eigenvalue weighted by atomic mass is 35.5. The number of H-pyrrole nitrogens is 1. The number of rotatable bonds is 3. The highest BCUT2D eigenvalue weighted by molar-refractivity contribution is 6.32. The van der Waals surface area contributed by atoms with Gasteiger partial charge in [0.15, 0.2) is 0 Å². The largest absolute Gasteiger partial charge is 0.495 e. The van der Waals surface area contributed by atoms with Crippen LogP contribution in [0.5, 0.6) is 5.75 Å². The van der Waals surface area contributed by atoms with Gasteiger partial charge in [-0.2, -0.15) is 0 Å². The van der Waals surface area contributed by atoms with E-state index in [1.54, 1.807) is 18.3 Å². The average molecular weight is 253 g/mol. The number of benzene rings is 1. The van der Waals surface area contributed by atoms with Crippen LogP contribution in [0.4, 0.5) is 0 Å². The molecule has 0 spiro atoms. The summed E-state index contributed by atoms with van der Waals surface area (Å²) in [5, 5.41) is 11.6. The highest BCUT2D eigenvalue weighted by Gasteiger charge is 2.07. The maximum absolute atomic E-state index is 10.3. The Morgan fingerprint density at radius 3 is 2.94 bits per heavy atom. The maximum atomic E-state index is 10.3. The van der Waals surface area contributed by atoms with Gasteiger partial charge in [-0.1, -0.05) is 11.6 Å². The molecule has 6 heteroatoms. The summed E-state index contributed by atoms with van der Waals surface area (Å²) in [5.74, 6) is 0.537. The van der Waals surface area contributed by atoms with Crippen molar-refractivity contribution in [3.8, 4) is 5.75 Å². The number of hydrogen-bond donors (Lipinski definition) is 1. The first-order valence-electron chi connectivity index (χ1n) is 4.78. The minimum absolute atomic E-state index is 0.492. The van der Waals surface area contributed by atoms with Gasteiger partial charge in [-0.05, 0) is 12.1 Å². The summed E-state index contributed by atoms with van der Waals surface area (Å²) in [7, 11) is 1.52. The topological polar surface area (TPSA) is 68.2 Å². The molecular weight excluding hydrogens is 244 g/mol. The zero-order valence-corrected chi connectivity index (χ0v) is 9.69. The van der Waals surface area contributed by atoms with Crippen molar-refractivity contribution in [2.45, 2.75) is 0 Å². The van der Waals surface area contributed by atoms with Crippen molar-refractivity contribution < 1.29 is 9.66 Å². The first-order valence-corrected chi connectivity index (χ1v) is 5.16. The fraction of sp³-hybridized carbons (Fsp3) is 0.0909. The lowest BCUT2D eigenvalue weighted by Crippen LogP contribution is -1.84. The molecule has 0 bridgehead atoms. The van der Waals surface area contributed by atoms with Crippen LogP contribution in [-0.4, -0.2) is 17.0 Å². The summed E-state index contributed by atoms with van der Waals surface area (Å²) in [6.45, 7) is 0. The van der Waals surface area contributed by atoms with Crippen LogP contribution in [0.3, 0.4) is 0 Å². The molecule has 0 aliphatic heterocycles. The summed E-state index contributed by atoms with van der Waals surface area (Å²) in [4.78, 5) is 12.8. The van der Waals surface area contributed by atoms with E-state index in [4.69, 9.17) is 16.3 Å². The zero-order chi connectivity index (χ0) is 12.4. The average Bonchev–Trinajstić information content (AvgIpc) is 2.67. The van der Waals surface area contributed by atoms with Crippen molar-refractivity contribution in [1.82, 2.24) is 4.98 Å². The van der Waals surface area contributed by atoms with Gasteiger partial charge in [-0.25, -0.2) is 0 Å². The molecule has 1 heterocycles. The van der Waals surface area contributed by atoms with Crippen LogP contribution >= 0.6 is 11.6 Å². The Labute approximate surface area is 102 Å². The van der Waals surface area contributed by atoms with Gasteiger partial charge < -0.3 is 9.72 Å². The number of halogens is 1. The van der Waals surface area contributed by atoms with Gasteiger partial charge in [0.1, 0.15) is 5.75 Å². The number of aromatic amines is 1. The number of hydrogen-bond acceptors (Lipinski definition) is 3. The van der Waals surface area contributed by atoms with E-state index in [-0.39, 0.29) is 0 Å². The summed E-state index contributed by atoms with van der Waals surface area (Å²) in [5.41, 5.74) is 1.52. The number of nitrogens with zero attached hydrogens (tertiary/aromatic N) is 1. The molecule has 0 saturated heterocycles. The van der Waals surface area contributed by atoms with Gasteiger partial charge >= 0.3 is 0 Å². The van der Waals surface area contributed by atoms with Gasteiger partial charge in [0, 0.05) is 28.7 Å². The normalized spacial score (nSPS) is 11.2. The second kappa shape index (κ2) is 4.47. The molecule has 1 aromatic heterocycles. The second-order valence-corrected chi connectivity index (χ2v) is 3.78. The third-order valence-corrected chi connectivity index (χ3v) is 2.66. The number of ether oxygens (including phenoxy) is 1. The lowest BCUT2D eigenvalue weighted by atomic mass is 10.1. The van der Waals surface area contributed by atoms with Gasteiger partial charge in [0.2, 0.25) is 6.20 Å². The molecule has 0 saturated carbocycles. The van der Waals surface area contributed by atoms with Crippen LogP contribution < -0.4 is 4.74 Å². The molecule has 0 fully saturated rings. The van der Waals surface area contributed by atoms with Crippen LogP contribution in [0.1, 0.15) is 5.56 Å². The Kier molecular flexibility index (Phi) is 3.01. The molecule has 0 unspecified atom stereocenters. The van der Waals surface area contributed by atoms with E-state index >= 15 is 0 Å². The van der Waals surface area contributed by atoms with Crippen molar-refractivity contribution in [3.63, 3.8) is 0 Å². The molecular formula is C11H9ClN2O3. The Bertz CT molecular complexity index is 604. The van der Waals surface area contributed by atoms with Gasteiger partial charge in [0.25, 0.3) is 0 Å². The molecule has 2 aromatic rings. The highest BCUT2D eigenvalue weighted by Crippen LogP contribution is 2.31. The van der Waals surface area contributed by atoms with Crippen molar-refractivity contribution in [1.29, 1.82) is 0 Å². The second-order valence-electron chi connectivity index (χ2n) is 3.38. The first-order chi connectivity index (χ1) is 8.11. The van der Waals surface area contributed by atoms with E-state index in [0.717, 1.165) is 17.1 Å². The summed E-state index contributed by atoms with van der Waals surface area (Å²) in [6.07, 6.45) is 4.00. The van der Waals surface area contributed by atoms with E-state index in [9.17, 15) is 10.1 Å². The third-order valence-electron chi connectivity index (χ3n) is 2.36. The molecule has 1 aromatic carbocycles. The molecule has 0 amide bonds. The standard InChI is InChI=1S/C11H9ClN2O3/c1-17-11-4-8-7(2-3-14(15)16)6-13-10(8)5-9(11)12/h2-6,13H,1H3. The summed E-state index contributed by atoms with van der Waals surface area (Å²) in [6, 6.07) is 3.47. The summed E-state index contributed by atoms with van der Waals surface area (Å²) < 4.78 is 5.10. The Balaban J connectivity index is 2.55. The predicted molar refractivity (Wildman–Crippen MR) is 65.9 cm³/mol. The molecule has 2 rings (SSSR count). The van der Waals surface area contributed by atoms with Gasteiger partial charge in [0.05, 0.1) is 17.1 Å². The molecule has 0 aliphatic carbocycles. The quantitative estimate of drug-likeness (QED) is 0.674. The molecule has 0 aliphatic rings. The van der Waals surface area contributed by atoms with Gasteiger partial charge in [-0.15, -0.1) is 0 Å². The zero-order valence-electron chi connectivity index (χ0n) is 8.94. The lowest BCUT2D eigenvalue weighted by molar-refractivity contribution is -0.400. The van der Waals surface area contributed by atoms with Gasteiger partial charge in [-0.3, -0.25) is 10.1 Å². The van der Waals surface area contributed by atoms with Crippen LogP contribution in [0.25, 0.3) is 17.0 Å². The van der Waals surface area contributed by atoms with E-state index in [2.05, 4.69) is 4.98 Å². The lowest BCUT2D eigenvalue weighted by Gasteiger charge is -2.02. The summed E-state index contributed by atoms with van der Waals surface area (Å²) >= 11 is 5.97. The predicted octanol–water partition coefficient (Wildman–Crippen LogP) is 3.08. The van der Waals surface area contributed by atoms with Crippen molar-refractivity contribution in [3.05, 3.63) is 45.2 Å². The monoisotopic (exact) mass is 252 g/mol. The smallest absolute Gasteiger partial charge is 0.235 e. The number of nitrogens with one attached hydrogen (secondary N) is 1. The number of nitro groups is 1. The fourth-order valence-corrected chi connectivity index (χ4v) is 1.82. The van der Waals surface area contributed by atoms with E-state index in [1.165, 1.54) is 13.2 Å². The maximum Gasteiger partial charge on any atom is 0.235 e. The Morgan fingerprint density at radius 2 is 2.29 bits per heavy atom. The first kappa shape index (κ1) is 11.5. The third kappa shape index (κ3) is 2.24. The molecule has 17 heavy (non-hydrogen) atoms. The minimum atomic E-state index is -0.508. The van der Waals surface area contributed by atoms with Crippen LogP contribution in [0.2, 0.25) is 5.02 Å². The SMILES string of the molecule is COc1cc2c(C=C[N+](=O)[O-])c[nH]c2cc1Cl. The van der Waals surface area contributed by atoms with E-state index in [0.29, 0.717) is 16.3 Å². The molecule has 0 atom stereocenters. The van der Waals surface area contributed by atoms with E-state index < -0.39 is 4.92 Å². The fourth-order valence-electron chi connectivity index (χ4n) is 1.58. The minimum Gasteiger partial charge on any atom is -0.495 e. The Hall–Kier alpha value is -2.01. The van der Waals surface area contributed by atoms with E-state index in [1.807, 2.05) is 0 Å². The number of aromatic nitrogens is 1. The van der Waals surface area contributed by atoms with Crippen LogP contribution in [0, 0.1) is 10.1 Å². The van der Waals surface area contributed by atoms with Crippen molar-refractivity contribution >= 4 is 28.6 Å². The number of methoxy groups -OCH3 is 1. The molecule has 88 valence electrons. The molecule has 1 N–H and O–H groups in total. The molecule has 5 nitrogen and oxygen atoms in total. The van der Waals surface area contributed by atoms with Crippen LogP contribution in [0.15, 0.2) is 24.5 Å². The van der Waals surface area contributed by atoms with Crippen LogP contribution in [-0.2, 0) is 0 Å². The van der Waals surface area contributed by atoms with Crippen molar-refractivity contribution in [2.24, 2.45) is 0 Å².